The van der Waals surface area contributed by atoms with Crippen molar-refractivity contribution in [1.82, 2.24) is 15.3 Å². The number of fused-ring (bicyclic) bond motifs is 2. The standard InChI is InChI=1S/C26H21F2N3O5S/c27-26(28)36-23-4-2-1-3-20(23)21-8-7-17-13-29-19(12-22(17)31-21)14-30-25(32)16-5-6-18-15-35-9-10-37(33,34)24(18)11-16/h1-8,11-13,26H,9-10,14-15H2,(H,30,32). The number of nitrogens with zero attached hydrogens (tertiary/aromatic N) is 2. The number of hydrogen-bond donors (Lipinski definition) is 1. The lowest BCUT2D eigenvalue weighted by Crippen LogP contribution is -2.23. The van der Waals surface area contributed by atoms with Crippen LogP contribution in [0.2, 0.25) is 0 Å². The Labute approximate surface area is 211 Å². The molecule has 4 aromatic rings. The molecule has 0 atom stereocenters. The lowest BCUT2D eigenvalue weighted by Gasteiger charge is -2.11. The van der Waals surface area contributed by atoms with Crippen LogP contribution in [0.5, 0.6) is 5.75 Å². The zero-order valence-electron chi connectivity index (χ0n) is 19.4. The molecule has 0 aliphatic carbocycles. The molecule has 1 amide bonds. The molecule has 1 aliphatic rings. The van der Waals surface area contributed by atoms with Crippen molar-refractivity contribution in [3.8, 4) is 17.0 Å². The molecule has 0 bridgehead atoms. The highest BCUT2D eigenvalue weighted by atomic mass is 32.2. The summed E-state index contributed by atoms with van der Waals surface area (Å²) in [5, 5.41) is 3.47. The van der Waals surface area contributed by atoms with Gasteiger partial charge in [0.2, 0.25) is 0 Å². The summed E-state index contributed by atoms with van der Waals surface area (Å²) in [6.45, 7) is -2.62. The van der Waals surface area contributed by atoms with E-state index in [0.717, 1.165) is 5.39 Å². The number of aromatic nitrogens is 2. The number of carbonyl (C=O) groups excluding carboxylic acids is 1. The maximum atomic E-state index is 12.8. The van der Waals surface area contributed by atoms with Gasteiger partial charge in [-0.1, -0.05) is 18.2 Å². The topological polar surface area (TPSA) is 107 Å². The number of hydrogen-bond acceptors (Lipinski definition) is 7. The number of rotatable bonds is 6. The van der Waals surface area contributed by atoms with Gasteiger partial charge in [0.1, 0.15) is 5.75 Å². The highest BCUT2D eigenvalue weighted by molar-refractivity contribution is 7.91. The summed E-state index contributed by atoms with van der Waals surface area (Å²) in [6.07, 6.45) is 1.60. The molecule has 0 saturated heterocycles. The first kappa shape index (κ1) is 24.7. The van der Waals surface area contributed by atoms with Gasteiger partial charge in [-0.2, -0.15) is 8.78 Å². The van der Waals surface area contributed by atoms with Crippen molar-refractivity contribution in [2.24, 2.45) is 0 Å². The molecule has 0 saturated carbocycles. The molecule has 5 rings (SSSR count). The van der Waals surface area contributed by atoms with Crippen LogP contribution in [-0.2, 0) is 27.7 Å². The quantitative estimate of drug-likeness (QED) is 0.403. The highest BCUT2D eigenvalue weighted by Crippen LogP contribution is 2.31. The van der Waals surface area contributed by atoms with Gasteiger partial charge >= 0.3 is 6.61 Å². The number of para-hydroxylation sites is 1. The molecular formula is C26H21F2N3O5S. The fraction of sp³-hybridized carbons (Fsp3) is 0.192. The number of carbonyl (C=O) groups is 1. The second kappa shape index (κ2) is 10.2. The van der Waals surface area contributed by atoms with Crippen LogP contribution >= 0.6 is 0 Å². The molecule has 1 N–H and O–H groups in total. The largest absolute Gasteiger partial charge is 0.434 e. The van der Waals surface area contributed by atoms with Crippen molar-refractivity contribution in [2.45, 2.75) is 24.7 Å². The Kier molecular flexibility index (Phi) is 6.81. The summed E-state index contributed by atoms with van der Waals surface area (Å²) in [5.74, 6) is -0.579. The Morgan fingerprint density at radius 3 is 2.78 bits per heavy atom. The number of sulfone groups is 1. The van der Waals surface area contributed by atoms with Crippen LogP contribution in [0, 0.1) is 0 Å². The molecule has 0 spiro atoms. The van der Waals surface area contributed by atoms with Gasteiger partial charge < -0.3 is 14.8 Å². The SMILES string of the molecule is O=C(NCc1cc2nc(-c3ccccc3OC(F)F)ccc2cn1)c1ccc2c(c1)S(=O)(=O)CCOC2. The summed E-state index contributed by atoms with van der Waals surface area (Å²) in [6, 6.07) is 16.0. The van der Waals surface area contributed by atoms with Gasteiger partial charge in [-0.05, 0) is 48.0 Å². The predicted octanol–water partition coefficient (Wildman–Crippen LogP) is 4.13. The summed E-state index contributed by atoms with van der Waals surface area (Å²) in [4.78, 5) is 21.8. The van der Waals surface area contributed by atoms with Gasteiger partial charge in [-0.25, -0.2) is 13.4 Å². The number of amides is 1. The molecule has 2 aromatic heterocycles. The Morgan fingerprint density at radius 2 is 1.95 bits per heavy atom. The van der Waals surface area contributed by atoms with E-state index in [1.807, 2.05) is 0 Å². The van der Waals surface area contributed by atoms with Crippen LogP contribution in [0.3, 0.4) is 0 Å². The zero-order valence-corrected chi connectivity index (χ0v) is 20.2. The average molecular weight is 526 g/mol. The zero-order chi connectivity index (χ0) is 26.0. The monoisotopic (exact) mass is 525 g/mol. The van der Waals surface area contributed by atoms with E-state index < -0.39 is 22.4 Å². The van der Waals surface area contributed by atoms with Gasteiger partial charge in [0.05, 0.1) is 47.3 Å². The first-order valence-corrected chi connectivity index (χ1v) is 13.0. The van der Waals surface area contributed by atoms with E-state index in [2.05, 4.69) is 20.0 Å². The third kappa shape index (κ3) is 5.42. The Balaban J connectivity index is 1.36. The van der Waals surface area contributed by atoms with Crippen LogP contribution in [0.15, 0.2) is 71.8 Å². The number of halogens is 2. The van der Waals surface area contributed by atoms with Crippen molar-refractivity contribution in [3.63, 3.8) is 0 Å². The van der Waals surface area contributed by atoms with Crippen LogP contribution in [0.1, 0.15) is 21.6 Å². The van der Waals surface area contributed by atoms with E-state index in [1.54, 1.807) is 54.7 Å². The maximum absolute atomic E-state index is 12.8. The van der Waals surface area contributed by atoms with Crippen LogP contribution < -0.4 is 10.1 Å². The maximum Gasteiger partial charge on any atom is 0.387 e. The molecular weight excluding hydrogens is 504 g/mol. The minimum atomic E-state index is -3.54. The molecule has 0 radical (unpaired) electrons. The van der Waals surface area contributed by atoms with E-state index in [9.17, 15) is 22.0 Å². The van der Waals surface area contributed by atoms with Gasteiger partial charge in [0.15, 0.2) is 9.84 Å². The van der Waals surface area contributed by atoms with E-state index >= 15 is 0 Å². The van der Waals surface area contributed by atoms with Gasteiger partial charge in [0.25, 0.3) is 5.91 Å². The van der Waals surface area contributed by atoms with Gasteiger partial charge in [-0.15, -0.1) is 0 Å². The first-order valence-electron chi connectivity index (χ1n) is 11.3. The van der Waals surface area contributed by atoms with Crippen molar-refractivity contribution in [3.05, 3.63) is 83.7 Å². The Morgan fingerprint density at radius 1 is 1.11 bits per heavy atom. The first-order chi connectivity index (χ1) is 17.8. The van der Waals surface area contributed by atoms with Crippen molar-refractivity contribution < 1.29 is 31.5 Å². The van der Waals surface area contributed by atoms with E-state index in [4.69, 9.17) is 4.74 Å². The molecule has 1 aliphatic heterocycles. The molecule has 0 unspecified atom stereocenters. The highest BCUT2D eigenvalue weighted by Gasteiger charge is 2.23. The molecule has 37 heavy (non-hydrogen) atoms. The lowest BCUT2D eigenvalue weighted by molar-refractivity contribution is -0.0494. The minimum Gasteiger partial charge on any atom is -0.434 e. The van der Waals surface area contributed by atoms with Crippen LogP contribution in [-0.4, -0.2) is 43.3 Å². The van der Waals surface area contributed by atoms with E-state index in [1.165, 1.54) is 12.1 Å². The fourth-order valence-electron chi connectivity index (χ4n) is 4.02. The van der Waals surface area contributed by atoms with E-state index in [0.29, 0.717) is 28.0 Å². The molecule has 190 valence electrons. The number of benzene rings is 2. The van der Waals surface area contributed by atoms with Gasteiger partial charge in [0, 0.05) is 22.7 Å². The minimum absolute atomic E-state index is 0.0141. The number of nitrogens with one attached hydrogen (secondary N) is 1. The average Bonchev–Trinajstić information content (AvgIpc) is 3.04. The number of pyridine rings is 2. The summed E-state index contributed by atoms with van der Waals surface area (Å²) in [5.41, 5.74) is 2.66. The normalized spacial score (nSPS) is 14.7. The lowest BCUT2D eigenvalue weighted by atomic mass is 10.1. The summed E-state index contributed by atoms with van der Waals surface area (Å²) < 4.78 is 60.6. The third-order valence-electron chi connectivity index (χ3n) is 5.86. The Bertz CT molecular complexity index is 1590. The molecule has 11 heteroatoms. The smallest absolute Gasteiger partial charge is 0.387 e. The van der Waals surface area contributed by atoms with Gasteiger partial charge in [-0.3, -0.25) is 9.78 Å². The molecule has 8 nitrogen and oxygen atoms in total. The molecule has 3 heterocycles. The van der Waals surface area contributed by atoms with Crippen molar-refractivity contribution >= 4 is 26.6 Å². The van der Waals surface area contributed by atoms with Crippen LogP contribution in [0.4, 0.5) is 8.78 Å². The van der Waals surface area contributed by atoms with Crippen LogP contribution in [0.25, 0.3) is 22.2 Å². The van der Waals surface area contributed by atoms with Crippen molar-refractivity contribution in [1.29, 1.82) is 0 Å². The van der Waals surface area contributed by atoms with Crippen molar-refractivity contribution in [2.75, 3.05) is 12.4 Å². The molecule has 2 aromatic carbocycles. The summed E-state index contributed by atoms with van der Waals surface area (Å²) in [7, 11) is -3.54. The van der Waals surface area contributed by atoms with E-state index in [-0.39, 0.29) is 41.7 Å². The second-order valence-corrected chi connectivity index (χ2v) is 10.4. The Hall–Kier alpha value is -3.96. The second-order valence-electron chi connectivity index (χ2n) is 8.32. The third-order valence-corrected chi connectivity index (χ3v) is 7.61. The number of alkyl halides is 2. The summed E-state index contributed by atoms with van der Waals surface area (Å²) >= 11 is 0. The molecule has 0 fully saturated rings. The predicted molar refractivity (Wildman–Crippen MR) is 131 cm³/mol. The number of ether oxygens (including phenoxy) is 2. The fourth-order valence-corrected chi connectivity index (χ4v) is 5.41.